The Bertz CT molecular complexity index is 559. The van der Waals surface area contributed by atoms with E-state index in [0.717, 1.165) is 16.7 Å². The zero-order valence-corrected chi connectivity index (χ0v) is 10.7. The number of rotatable bonds is 3. The number of hydrogen-bond donors (Lipinski definition) is 1. The number of aliphatic hydroxyl groups is 1. The predicted octanol–water partition coefficient (Wildman–Crippen LogP) is 3.46. The molecule has 0 aliphatic rings. The van der Waals surface area contributed by atoms with Crippen molar-refractivity contribution in [2.75, 3.05) is 0 Å². The van der Waals surface area contributed by atoms with E-state index < -0.39 is 11.9 Å². The number of pyridine rings is 1. The molecule has 2 nitrogen and oxygen atoms in total. The molecule has 0 radical (unpaired) electrons. The van der Waals surface area contributed by atoms with Crippen LogP contribution in [-0.4, -0.2) is 10.1 Å². The molecule has 0 fully saturated rings. The summed E-state index contributed by atoms with van der Waals surface area (Å²) in [6.07, 6.45) is 3.10. The molecule has 0 saturated heterocycles. The molecular weight excluding hydrogens is 253 g/mol. The van der Waals surface area contributed by atoms with Gasteiger partial charge in [-0.3, -0.25) is 4.98 Å². The molecule has 2 rings (SSSR count). The zero-order valence-electron chi connectivity index (χ0n) is 9.90. The third kappa shape index (κ3) is 2.86. The van der Waals surface area contributed by atoms with E-state index in [4.69, 9.17) is 11.6 Å². The topological polar surface area (TPSA) is 33.1 Å². The number of halogens is 2. The monoisotopic (exact) mass is 265 g/mol. The number of aliphatic hydroxyl groups excluding tert-OH is 1. The van der Waals surface area contributed by atoms with Crippen LogP contribution in [0.4, 0.5) is 4.39 Å². The minimum absolute atomic E-state index is 0.0751. The molecule has 0 bridgehead atoms. The molecule has 1 N–H and O–H groups in total. The summed E-state index contributed by atoms with van der Waals surface area (Å²) in [5, 5.41) is 10.2. The molecule has 0 aliphatic carbocycles. The molecule has 1 atom stereocenters. The summed E-state index contributed by atoms with van der Waals surface area (Å²) < 4.78 is 13.0. The highest BCUT2D eigenvalue weighted by Gasteiger charge is 2.12. The fourth-order valence-corrected chi connectivity index (χ4v) is 2.06. The summed E-state index contributed by atoms with van der Waals surface area (Å²) in [5.41, 5.74) is 2.55. The van der Waals surface area contributed by atoms with Crippen LogP contribution in [0.15, 0.2) is 36.7 Å². The molecule has 94 valence electrons. The van der Waals surface area contributed by atoms with Gasteiger partial charge in [0.05, 0.1) is 11.1 Å². The van der Waals surface area contributed by atoms with E-state index in [2.05, 4.69) is 4.98 Å². The summed E-state index contributed by atoms with van der Waals surface area (Å²) in [6, 6.07) is 6.26. The van der Waals surface area contributed by atoms with E-state index in [-0.39, 0.29) is 5.02 Å². The van der Waals surface area contributed by atoms with E-state index in [1.54, 1.807) is 24.5 Å². The largest absolute Gasteiger partial charge is 0.388 e. The van der Waals surface area contributed by atoms with Crippen LogP contribution in [0.1, 0.15) is 22.8 Å². The fourth-order valence-electron chi connectivity index (χ4n) is 1.86. The van der Waals surface area contributed by atoms with Gasteiger partial charge in [-0.25, -0.2) is 4.39 Å². The number of aromatic nitrogens is 1. The summed E-state index contributed by atoms with van der Waals surface area (Å²) in [5.74, 6) is -0.449. The van der Waals surface area contributed by atoms with E-state index in [1.165, 1.54) is 12.1 Å². The molecule has 0 aliphatic heterocycles. The summed E-state index contributed by atoms with van der Waals surface area (Å²) >= 11 is 5.71. The number of hydrogen-bond acceptors (Lipinski definition) is 2. The molecule has 1 unspecified atom stereocenters. The van der Waals surface area contributed by atoms with E-state index in [1.807, 2.05) is 6.92 Å². The second-order valence-corrected chi connectivity index (χ2v) is 4.61. The van der Waals surface area contributed by atoms with Crippen molar-refractivity contribution >= 4 is 11.6 Å². The Labute approximate surface area is 110 Å². The predicted molar refractivity (Wildman–Crippen MR) is 69.0 cm³/mol. The lowest BCUT2D eigenvalue weighted by Gasteiger charge is -2.13. The molecule has 0 saturated carbocycles. The lowest BCUT2D eigenvalue weighted by molar-refractivity contribution is 0.177. The lowest BCUT2D eigenvalue weighted by Crippen LogP contribution is -2.04. The highest BCUT2D eigenvalue weighted by Crippen LogP contribution is 2.23. The Morgan fingerprint density at radius 3 is 2.83 bits per heavy atom. The maximum absolute atomic E-state index is 13.0. The lowest BCUT2D eigenvalue weighted by atomic mass is 9.99. The van der Waals surface area contributed by atoms with Crippen molar-refractivity contribution in [1.29, 1.82) is 0 Å². The first kappa shape index (κ1) is 13.0. The van der Waals surface area contributed by atoms with Gasteiger partial charge in [0.15, 0.2) is 0 Å². The molecule has 1 aromatic carbocycles. The van der Waals surface area contributed by atoms with Gasteiger partial charge in [-0.15, -0.1) is 0 Å². The summed E-state index contributed by atoms with van der Waals surface area (Å²) in [7, 11) is 0. The minimum Gasteiger partial charge on any atom is -0.388 e. The maximum Gasteiger partial charge on any atom is 0.141 e. The second-order valence-electron chi connectivity index (χ2n) is 4.20. The first-order chi connectivity index (χ1) is 8.58. The van der Waals surface area contributed by atoms with Crippen LogP contribution >= 0.6 is 11.6 Å². The Balaban J connectivity index is 2.19. The van der Waals surface area contributed by atoms with Gasteiger partial charge in [-0.2, -0.15) is 0 Å². The highest BCUT2D eigenvalue weighted by molar-refractivity contribution is 6.30. The Hall–Kier alpha value is -1.45. The Morgan fingerprint density at radius 1 is 1.39 bits per heavy atom. The zero-order chi connectivity index (χ0) is 13.1. The molecule has 0 spiro atoms. The van der Waals surface area contributed by atoms with Gasteiger partial charge < -0.3 is 5.11 Å². The average molecular weight is 266 g/mol. The second kappa shape index (κ2) is 5.46. The van der Waals surface area contributed by atoms with Crippen LogP contribution in [0.2, 0.25) is 5.02 Å². The van der Waals surface area contributed by atoms with Crippen LogP contribution in [0.5, 0.6) is 0 Å². The molecule has 0 amide bonds. The van der Waals surface area contributed by atoms with Gasteiger partial charge in [-0.05, 0) is 41.8 Å². The van der Waals surface area contributed by atoms with Crippen LogP contribution in [0.25, 0.3) is 0 Å². The summed E-state index contributed by atoms with van der Waals surface area (Å²) in [6.45, 7) is 1.89. The third-order valence-electron chi connectivity index (χ3n) is 2.84. The maximum atomic E-state index is 13.0. The molecule has 18 heavy (non-hydrogen) atoms. The number of nitrogens with zero attached hydrogens (tertiary/aromatic N) is 1. The fraction of sp³-hybridized carbons (Fsp3) is 0.214. The quantitative estimate of drug-likeness (QED) is 0.922. The molecule has 1 heterocycles. The van der Waals surface area contributed by atoms with Gasteiger partial charge in [0.2, 0.25) is 0 Å². The van der Waals surface area contributed by atoms with Crippen molar-refractivity contribution in [2.45, 2.75) is 19.4 Å². The number of aryl methyl sites for hydroxylation is 1. The van der Waals surface area contributed by atoms with Gasteiger partial charge in [0.25, 0.3) is 0 Å². The van der Waals surface area contributed by atoms with Gasteiger partial charge in [0, 0.05) is 18.8 Å². The average Bonchev–Trinajstić information content (AvgIpc) is 2.34. The number of benzene rings is 1. The van der Waals surface area contributed by atoms with E-state index >= 15 is 0 Å². The molecule has 1 aromatic heterocycles. The SMILES string of the molecule is Cc1cnccc1C(O)Cc1ccc(F)c(Cl)c1. The first-order valence-corrected chi connectivity index (χ1v) is 5.98. The van der Waals surface area contributed by atoms with Crippen molar-refractivity contribution < 1.29 is 9.50 Å². The van der Waals surface area contributed by atoms with Crippen molar-refractivity contribution in [1.82, 2.24) is 4.98 Å². The van der Waals surface area contributed by atoms with Crippen molar-refractivity contribution in [3.63, 3.8) is 0 Å². The minimum atomic E-state index is -0.644. The van der Waals surface area contributed by atoms with Gasteiger partial charge in [0.1, 0.15) is 5.82 Å². The molecular formula is C14H13ClFNO. The van der Waals surface area contributed by atoms with Crippen LogP contribution < -0.4 is 0 Å². The first-order valence-electron chi connectivity index (χ1n) is 5.60. The van der Waals surface area contributed by atoms with Crippen molar-refractivity contribution in [3.8, 4) is 0 Å². The molecule has 4 heteroatoms. The van der Waals surface area contributed by atoms with Crippen LogP contribution in [0.3, 0.4) is 0 Å². The Morgan fingerprint density at radius 2 is 2.17 bits per heavy atom. The van der Waals surface area contributed by atoms with Crippen molar-refractivity contribution in [2.24, 2.45) is 0 Å². The smallest absolute Gasteiger partial charge is 0.141 e. The Kier molecular flexibility index (Phi) is 3.94. The highest BCUT2D eigenvalue weighted by atomic mass is 35.5. The van der Waals surface area contributed by atoms with Gasteiger partial charge in [-0.1, -0.05) is 17.7 Å². The standard InChI is InChI=1S/C14H13ClFNO/c1-9-8-17-5-4-11(9)14(18)7-10-2-3-13(16)12(15)6-10/h2-6,8,14,18H,7H2,1H3. The van der Waals surface area contributed by atoms with E-state index in [9.17, 15) is 9.50 Å². The van der Waals surface area contributed by atoms with Crippen molar-refractivity contribution in [3.05, 3.63) is 64.2 Å². The molecule has 2 aromatic rings. The normalized spacial score (nSPS) is 12.4. The van der Waals surface area contributed by atoms with Crippen LogP contribution in [0, 0.1) is 12.7 Å². The van der Waals surface area contributed by atoms with Crippen LogP contribution in [-0.2, 0) is 6.42 Å². The van der Waals surface area contributed by atoms with Gasteiger partial charge >= 0.3 is 0 Å². The summed E-state index contributed by atoms with van der Waals surface area (Å²) in [4.78, 5) is 3.98. The third-order valence-corrected chi connectivity index (χ3v) is 3.13. The van der Waals surface area contributed by atoms with E-state index in [0.29, 0.717) is 6.42 Å².